The number of carbonyl (C=O) groups is 2. The molecule has 1 N–H and O–H groups in total. The second-order valence-corrected chi connectivity index (χ2v) is 7.63. The van der Waals surface area contributed by atoms with Gasteiger partial charge in [-0.3, -0.25) is 9.59 Å². The Bertz CT molecular complexity index is 787. The maximum absolute atomic E-state index is 12.7. The predicted octanol–water partition coefficient (Wildman–Crippen LogP) is 3.76. The van der Waals surface area contributed by atoms with E-state index in [0.29, 0.717) is 11.7 Å². The fourth-order valence-corrected chi connectivity index (χ4v) is 4.15. The molecule has 0 atom stereocenters. The molecule has 2 fully saturated rings. The number of furan rings is 1. The van der Waals surface area contributed by atoms with Gasteiger partial charge in [0.25, 0.3) is 5.91 Å². The van der Waals surface area contributed by atoms with Crippen molar-refractivity contribution >= 4 is 23.2 Å². The number of anilines is 2. The molecule has 2 heterocycles. The summed E-state index contributed by atoms with van der Waals surface area (Å²) in [4.78, 5) is 29.1. The number of hydrogen-bond acceptors (Lipinski definition) is 4. The molecule has 1 saturated carbocycles. The van der Waals surface area contributed by atoms with Crippen molar-refractivity contribution in [3.63, 3.8) is 0 Å². The predicted molar refractivity (Wildman–Crippen MR) is 108 cm³/mol. The van der Waals surface area contributed by atoms with Crippen molar-refractivity contribution in [1.29, 1.82) is 0 Å². The first-order valence-electron chi connectivity index (χ1n) is 10.2. The molecule has 1 aromatic heterocycles. The molecule has 28 heavy (non-hydrogen) atoms. The molecule has 6 heteroatoms. The summed E-state index contributed by atoms with van der Waals surface area (Å²) in [6, 6.07) is 11.1. The van der Waals surface area contributed by atoms with Crippen molar-refractivity contribution < 1.29 is 14.0 Å². The molecule has 148 valence electrons. The van der Waals surface area contributed by atoms with Gasteiger partial charge >= 0.3 is 0 Å². The first kappa shape index (κ1) is 18.6. The molecular formula is C22H27N3O3. The van der Waals surface area contributed by atoms with Gasteiger partial charge in [0.2, 0.25) is 5.91 Å². The van der Waals surface area contributed by atoms with E-state index in [1.165, 1.54) is 25.5 Å². The first-order chi connectivity index (χ1) is 13.7. The summed E-state index contributed by atoms with van der Waals surface area (Å²) in [5.41, 5.74) is 1.84. The number of nitrogens with one attached hydrogen (secondary N) is 1. The molecular weight excluding hydrogens is 354 g/mol. The van der Waals surface area contributed by atoms with Gasteiger partial charge in [0.1, 0.15) is 0 Å². The van der Waals surface area contributed by atoms with Crippen LogP contribution in [0.15, 0.2) is 47.1 Å². The average molecular weight is 381 g/mol. The molecule has 6 nitrogen and oxygen atoms in total. The third-order valence-corrected chi connectivity index (χ3v) is 5.78. The van der Waals surface area contributed by atoms with Gasteiger partial charge in [-0.25, -0.2) is 0 Å². The molecule has 1 aliphatic heterocycles. The highest BCUT2D eigenvalue weighted by atomic mass is 16.3. The molecule has 0 spiro atoms. The second-order valence-electron chi connectivity index (χ2n) is 7.63. The molecule has 0 bridgehead atoms. The first-order valence-corrected chi connectivity index (χ1v) is 10.2. The van der Waals surface area contributed by atoms with Gasteiger partial charge in [0, 0.05) is 43.5 Å². The lowest BCUT2D eigenvalue weighted by Crippen LogP contribution is -2.50. The Morgan fingerprint density at radius 3 is 2.29 bits per heavy atom. The van der Waals surface area contributed by atoms with Crippen LogP contribution in [-0.4, -0.2) is 42.9 Å². The Morgan fingerprint density at radius 1 is 0.929 bits per heavy atom. The van der Waals surface area contributed by atoms with Gasteiger partial charge in [0.05, 0.1) is 6.26 Å². The fraction of sp³-hybridized carbons (Fsp3) is 0.455. The third-order valence-electron chi connectivity index (χ3n) is 5.78. The van der Waals surface area contributed by atoms with E-state index >= 15 is 0 Å². The quantitative estimate of drug-likeness (QED) is 0.876. The number of rotatable bonds is 4. The zero-order valence-corrected chi connectivity index (χ0v) is 16.1. The molecule has 0 unspecified atom stereocenters. The lowest BCUT2D eigenvalue weighted by molar-refractivity contribution is -0.136. The molecule has 1 aromatic carbocycles. The maximum Gasteiger partial charge on any atom is 0.291 e. The van der Waals surface area contributed by atoms with Crippen LogP contribution in [0.2, 0.25) is 0 Å². The lowest BCUT2D eigenvalue weighted by Gasteiger charge is -2.38. The van der Waals surface area contributed by atoms with Crippen molar-refractivity contribution in [2.45, 2.75) is 32.1 Å². The van der Waals surface area contributed by atoms with Crippen LogP contribution in [-0.2, 0) is 4.79 Å². The van der Waals surface area contributed by atoms with Crippen molar-refractivity contribution in [3.05, 3.63) is 48.4 Å². The minimum absolute atomic E-state index is 0.248. The van der Waals surface area contributed by atoms with Crippen molar-refractivity contribution in [1.82, 2.24) is 4.90 Å². The summed E-state index contributed by atoms with van der Waals surface area (Å²) in [5.74, 6) is 0.642. The summed E-state index contributed by atoms with van der Waals surface area (Å²) in [6.45, 7) is 3.26. The van der Waals surface area contributed by atoms with Crippen LogP contribution in [0.3, 0.4) is 0 Å². The lowest BCUT2D eigenvalue weighted by atomic mass is 9.88. The largest absolute Gasteiger partial charge is 0.459 e. The zero-order valence-electron chi connectivity index (χ0n) is 16.1. The third kappa shape index (κ3) is 4.21. The molecule has 1 saturated heterocycles. The molecule has 2 aromatic rings. The normalized spacial score (nSPS) is 18.1. The van der Waals surface area contributed by atoms with Crippen LogP contribution in [0.25, 0.3) is 0 Å². The second kappa shape index (κ2) is 8.50. The Balaban J connectivity index is 1.29. The van der Waals surface area contributed by atoms with E-state index in [1.54, 1.807) is 12.1 Å². The highest BCUT2D eigenvalue weighted by molar-refractivity contribution is 6.02. The smallest absolute Gasteiger partial charge is 0.291 e. The maximum atomic E-state index is 12.7. The minimum Gasteiger partial charge on any atom is -0.459 e. The van der Waals surface area contributed by atoms with Crippen LogP contribution < -0.4 is 10.2 Å². The Hall–Kier alpha value is -2.76. The van der Waals surface area contributed by atoms with E-state index in [4.69, 9.17) is 4.42 Å². The van der Waals surface area contributed by atoms with Gasteiger partial charge in [-0.2, -0.15) is 0 Å². The molecule has 2 aliphatic rings. The minimum atomic E-state index is -0.257. The highest BCUT2D eigenvalue weighted by Crippen LogP contribution is 2.26. The van der Waals surface area contributed by atoms with Crippen LogP contribution in [0.4, 0.5) is 11.4 Å². The van der Waals surface area contributed by atoms with Crippen LogP contribution in [0, 0.1) is 5.92 Å². The number of amides is 2. The van der Waals surface area contributed by atoms with Gasteiger partial charge in [-0.15, -0.1) is 0 Å². The average Bonchev–Trinajstić information content (AvgIpc) is 3.30. The number of carbonyl (C=O) groups excluding carboxylic acids is 2. The SMILES string of the molecule is O=C(Nc1ccc(N2CCN(C(=O)C3CCCCC3)CC2)cc1)c1ccco1. The highest BCUT2D eigenvalue weighted by Gasteiger charge is 2.28. The van der Waals surface area contributed by atoms with Gasteiger partial charge < -0.3 is 19.5 Å². The summed E-state index contributed by atoms with van der Waals surface area (Å²) in [5, 5.41) is 2.83. The van der Waals surface area contributed by atoms with E-state index in [1.807, 2.05) is 29.2 Å². The topological polar surface area (TPSA) is 65.8 Å². The van der Waals surface area contributed by atoms with Crippen molar-refractivity contribution in [2.75, 3.05) is 36.4 Å². The number of piperazine rings is 1. The van der Waals surface area contributed by atoms with E-state index in [0.717, 1.165) is 50.4 Å². The standard InChI is InChI=1S/C22H27N3O3/c26-21(20-7-4-16-28-20)23-18-8-10-19(11-9-18)24-12-14-25(15-13-24)22(27)17-5-2-1-3-6-17/h4,7-11,16-17H,1-3,5-6,12-15H2,(H,23,26). The Labute approximate surface area is 165 Å². The molecule has 1 aliphatic carbocycles. The van der Waals surface area contributed by atoms with Gasteiger partial charge in [-0.1, -0.05) is 19.3 Å². The van der Waals surface area contributed by atoms with E-state index in [2.05, 4.69) is 10.2 Å². The summed E-state index contributed by atoms with van der Waals surface area (Å²) >= 11 is 0. The molecule has 0 radical (unpaired) electrons. The van der Waals surface area contributed by atoms with Crippen LogP contribution >= 0.6 is 0 Å². The van der Waals surface area contributed by atoms with Crippen molar-refractivity contribution in [3.8, 4) is 0 Å². The van der Waals surface area contributed by atoms with E-state index < -0.39 is 0 Å². The fourth-order valence-electron chi connectivity index (χ4n) is 4.15. The molecule has 4 rings (SSSR count). The molecule has 2 amide bonds. The van der Waals surface area contributed by atoms with Gasteiger partial charge in [0.15, 0.2) is 5.76 Å². The monoisotopic (exact) mass is 381 g/mol. The number of nitrogens with zero attached hydrogens (tertiary/aromatic N) is 2. The Morgan fingerprint density at radius 2 is 1.64 bits per heavy atom. The van der Waals surface area contributed by atoms with E-state index in [-0.39, 0.29) is 11.8 Å². The summed E-state index contributed by atoms with van der Waals surface area (Å²) in [7, 11) is 0. The van der Waals surface area contributed by atoms with Crippen LogP contribution in [0.5, 0.6) is 0 Å². The van der Waals surface area contributed by atoms with E-state index in [9.17, 15) is 9.59 Å². The Kier molecular flexibility index (Phi) is 5.65. The van der Waals surface area contributed by atoms with Crippen molar-refractivity contribution in [2.24, 2.45) is 5.92 Å². The number of hydrogen-bond donors (Lipinski definition) is 1. The van der Waals surface area contributed by atoms with Crippen LogP contribution in [0.1, 0.15) is 42.7 Å². The zero-order chi connectivity index (χ0) is 19.3. The van der Waals surface area contributed by atoms with Gasteiger partial charge in [-0.05, 0) is 49.2 Å². The number of benzene rings is 1. The summed E-state index contributed by atoms with van der Waals surface area (Å²) in [6.07, 6.45) is 7.26. The summed E-state index contributed by atoms with van der Waals surface area (Å²) < 4.78 is 5.11.